The maximum absolute atomic E-state index is 15.4. The van der Waals surface area contributed by atoms with Gasteiger partial charge in [-0.2, -0.15) is 5.10 Å². The Balaban J connectivity index is 1.41. The van der Waals surface area contributed by atoms with Gasteiger partial charge in [-0.15, -0.1) is 0 Å². The Bertz CT molecular complexity index is 1490. The van der Waals surface area contributed by atoms with E-state index in [0.717, 1.165) is 16.5 Å². The molecule has 3 heterocycles. The third-order valence-electron chi connectivity index (χ3n) is 6.78. The second kappa shape index (κ2) is 9.67. The third-order valence-corrected chi connectivity index (χ3v) is 6.78. The first-order valence-electron chi connectivity index (χ1n) is 12.4. The van der Waals surface area contributed by atoms with E-state index in [2.05, 4.69) is 10.1 Å². The molecule has 10 heteroatoms. The third kappa shape index (κ3) is 4.62. The Kier molecular flexibility index (Phi) is 6.54. The minimum Gasteiger partial charge on any atom is -0.489 e. The predicted octanol–water partition coefficient (Wildman–Crippen LogP) is 2.61. The van der Waals surface area contributed by atoms with Crippen LogP contribution in [0.15, 0.2) is 54.9 Å². The lowest BCUT2D eigenvalue weighted by Crippen LogP contribution is -2.44. The Labute approximate surface area is 217 Å². The lowest BCUT2D eigenvalue weighted by atomic mass is 9.59. The molecule has 1 aliphatic heterocycles. The van der Waals surface area contributed by atoms with Crippen LogP contribution in [0.3, 0.4) is 0 Å². The van der Waals surface area contributed by atoms with Gasteiger partial charge in [0, 0.05) is 42.3 Å². The van der Waals surface area contributed by atoms with Crippen molar-refractivity contribution in [1.82, 2.24) is 19.7 Å². The SMILES string of the molecule is BC1(B)c2ncccc2C(=O)N1Cc1ccc(-c2ccc(OCCOC(C)C)c3nn(C)cc23)cc1F. The summed E-state index contributed by atoms with van der Waals surface area (Å²) in [5, 5.41) is 4.81. The summed E-state index contributed by atoms with van der Waals surface area (Å²) in [5.41, 5.74) is 4.03. The van der Waals surface area contributed by atoms with Gasteiger partial charge in [-0.05, 0) is 55.3 Å². The summed E-state index contributed by atoms with van der Waals surface area (Å²) in [7, 11) is 5.72. The fraction of sp³-hybridized carbons (Fsp3) is 0.296. The number of nitrogens with zero attached hydrogens (tertiary/aromatic N) is 4. The summed E-state index contributed by atoms with van der Waals surface area (Å²) in [6.07, 6.45) is 3.73. The van der Waals surface area contributed by atoms with Crippen LogP contribution < -0.4 is 4.74 Å². The van der Waals surface area contributed by atoms with Crippen molar-refractivity contribution in [2.75, 3.05) is 13.2 Å². The Morgan fingerprint density at radius 1 is 1.11 bits per heavy atom. The topological polar surface area (TPSA) is 69.5 Å². The van der Waals surface area contributed by atoms with E-state index in [1.54, 1.807) is 34.0 Å². The zero-order chi connectivity index (χ0) is 26.3. The normalized spacial score (nSPS) is 14.5. The number of ether oxygens (including phenoxy) is 2. The van der Waals surface area contributed by atoms with E-state index >= 15 is 4.39 Å². The number of amides is 1. The quantitative estimate of drug-likeness (QED) is 0.276. The van der Waals surface area contributed by atoms with Crippen LogP contribution in [0.25, 0.3) is 22.0 Å². The van der Waals surface area contributed by atoms with E-state index < -0.39 is 5.34 Å². The number of carbonyl (C=O) groups excluding carboxylic acids is 1. The van der Waals surface area contributed by atoms with Crippen molar-refractivity contribution >= 4 is 32.5 Å². The van der Waals surface area contributed by atoms with E-state index in [9.17, 15) is 4.79 Å². The summed E-state index contributed by atoms with van der Waals surface area (Å²) < 4.78 is 28.7. The number of fused-ring (bicyclic) bond motifs is 2. The molecule has 188 valence electrons. The monoisotopic (exact) mass is 498 g/mol. The molecule has 0 N–H and O–H groups in total. The largest absolute Gasteiger partial charge is 0.489 e. The number of rotatable bonds is 8. The van der Waals surface area contributed by atoms with Crippen LogP contribution in [0.1, 0.15) is 35.5 Å². The zero-order valence-electron chi connectivity index (χ0n) is 21.8. The van der Waals surface area contributed by atoms with Crippen LogP contribution in [0.2, 0.25) is 0 Å². The molecule has 5 rings (SSSR count). The van der Waals surface area contributed by atoms with Crippen molar-refractivity contribution in [1.29, 1.82) is 0 Å². The van der Waals surface area contributed by atoms with Crippen molar-refractivity contribution < 1.29 is 18.7 Å². The highest BCUT2D eigenvalue weighted by Crippen LogP contribution is 2.37. The number of hydrogen-bond donors (Lipinski definition) is 0. The van der Waals surface area contributed by atoms with Crippen molar-refractivity contribution in [2.24, 2.45) is 7.05 Å². The van der Waals surface area contributed by atoms with Gasteiger partial charge in [0.25, 0.3) is 5.91 Å². The van der Waals surface area contributed by atoms with Crippen LogP contribution in [0.4, 0.5) is 4.39 Å². The molecular weight excluding hydrogens is 469 g/mol. The minimum absolute atomic E-state index is 0.136. The van der Waals surface area contributed by atoms with Crippen LogP contribution in [0.5, 0.6) is 5.75 Å². The molecule has 0 saturated heterocycles. The fourth-order valence-corrected chi connectivity index (χ4v) is 4.87. The molecule has 0 aliphatic carbocycles. The maximum Gasteiger partial charge on any atom is 0.255 e. The lowest BCUT2D eigenvalue weighted by molar-refractivity contribution is 0.0555. The van der Waals surface area contributed by atoms with Crippen molar-refractivity contribution in [3.05, 3.63) is 77.5 Å². The molecule has 7 nitrogen and oxygen atoms in total. The first kappa shape index (κ1) is 25.0. The summed E-state index contributed by atoms with van der Waals surface area (Å²) in [5.74, 6) is 0.156. The van der Waals surface area contributed by atoms with Crippen molar-refractivity contribution in [2.45, 2.75) is 31.8 Å². The fourth-order valence-electron chi connectivity index (χ4n) is 4.87. The molecule has 0 atom stereocenters. The van der Waals surface area contributed by atoms with Crippen molar-refractivity contribution in [3.63, 3.8) is 0 Å². The summed E-state index contributed by atoms with van der Waals surface area (Å²) in [4.78, 5) is 19.2. The predicted molar refractivity (Wildman–Crippen MR) is 146 cm³/mol. The highest BCUT2D eigenvalue weighted by molar-refractivity contribution is 6.42. The second-order valence-corrected chi connectivity index (χ2v) is 10.1. The van der Waals surface area contributed by atoms with E-state index in [0.29, 0.717) is 41.3 Å². The first-order chi connectivity index (χ1) is 17.7. The molecule has 0 radical (unpaired) electrons. The average Bonchev–Trinajstić information content (AvgIpc) is 3.34. The van der Waals surface area contributed by atoms with Crippen LogP contribution in [0, 0.1) is 5.82 Å². The Morgan fingerprint density at radius 3 is 2.65 bits per heavy atom. The van der Waals surface area contributed by atoms with Gasteiger partial charge in [0.1, 0.15) is 39.4 Å². The molecule has 0 bridgehead atoms. The van der Waals surface area contributed by atoms with Gasteiger partial charge in [-0.1, -0.05) is 12.1 Å². The number of hydrogen-bond acceptors (Lipinski definition) is 5. The summed E-state index contributed by atoms with van der Waals surface area (Å²) in [6.45, 7) is 5.02. The highest BCUT2D eigenvalue weighted by Gasteiger charge is 2.43. The van der Waals surface area contributed by atoms with Gasteiger partial charge in [0.2, 0.25) is 0 Å². The van der Waals surface area contributed by atoms with E-state index in [-0.39, 0.29) is 24.4 Å². The molecule has 0 unspecified atom stereocenters. The maximum atomic E-state index is 15.4. The summed E-state index contributed by atoms with van der Waals surface area (Å²) in [6, 6.07) is 12.5. The molecule has 1 amide bonds. The highest BCUT2D eigenvalue weighted by atomic mass is 19.1. The molecule has 2 aromatic carbocycles. The number of carbonyl (C=O) groups is 1. The van der Waals surface area contributed by atoms with Gasteiger partial charge < -0.3 is 14.4 Å². The number of halogens is 1. The second-order valence-electron chi connectivity index (χ2n) is 10.1. The number of pyridine rings is 1. The molecule has 0 fully saturated rings. The lowest BCUT2D eigenvalue weighted by Gasteiger charge is -2.32. The van der Waals surface area contributed by atoms with Gasteiger partial charge in [0.05, 0.1) is 24.0 Å². The van der Waals surface area contributed by atoms with Gasteiger partial charge in [-0.25, -0.2) is 4.39 Å². The van der Waals surface area contributed by atoms with Gasteiger partial charge in [0.15, 0.2) is 0 Å². The van der Waals surface area contributed by atoms with Crippen LogP contribution in [-0.4, -0.2) is 60.6 Å². The van der Waals surface area contributed by atoms with E-state index in [1.807, 2.05) is 61.0 Å². The Hall–Kier alpha value is -3.65. The first-order valence-corrected chi connectivity index (χ1v) is 12.4. The minimum atomic E-state index is -0.628. The molecule has 0 saturated carbocycles. The van der Waals surface area contributed by atoms with E-state index in [1.165, 1.54) is 6.07 Å². The summed E-state index contributed by atoms with van der Waals surface area (Å²) >= 11 is 0. The molecular formula is C27H29B2FN4O3. The average molecular weight is 498 g/mol. The number of aryl methyl sites for hydroxylation is 1. The smallest absolute Gasteiger partial charge is 0.255 e. The van der Waals surface area contributed by atoms with Gasteiger partial charge >= 0.3 is 0 Å². The van der Waals surface area contributed by atoms with E-state index in [4.69, 9.17) is 9.47 Å². The molecule has 1 aliphatic rings. The van der Waals surface area contributed by atoms with Gasteiger partial charge in [-0.3, -0.25) is 14.5 Å². The molecule has 2 aromatic heterocycles. The van der Waals surface area contributed by atoms with Crippen molar-refractivity contribution in [3.8, 4) is 16.9 Å². The molecule has 4 aromatic rings. The standard InChI is InChI=1S/C27H29B2FN4O3/c1-16(2)36-11-12-37-23-9-8-19(21-15-33(3)32-24(21)23)17-6-7-18(22(30)13-17)14-34-26(35)20-5-4-10-31-25(20)27(34,28)29/h4-10,13,15-16H,11-12,14,28-29H2,1-3H3. The molecule has 0 spiro atoms. The van der Waals surface area contributed by atoms with Crippen LogP contribution >= 0.6 is 0 Å². The van der Waals surface area contributed by atoms with Crippen LogP contribution in [-0.2, 0) is 23.7 Å². The number of aromatic nitrogens is 3. The Morgan fingerprint density at radius 2 is 1.92 bits per heavy atom. The molecule has 37 heavy (non-hydrogen) atoms. The number of benzene rings is 2. The zero-order valence-corrected chi connectivity index (χ0v) is 21.8.